The summed E-state index contributed by atoms with van der Waals surface area (Å²) in [7, 11) is 0. The van der Waals surface area contributed by atoms with Gasteiger partial charge in [-0.15, -0.1) is 0 Å². The highest BCUT2D eigenvalue weighted by Crippen LogP contribution is 2.34. The maximum absolute atomic E-state index is 14.8. The molecular formula is C26H19F3O2. The highest BCUT2D eigenvalue weighted by atomic mass is 19.2. The van der Waals surface area contributed by atoms with Crippen LogP contribution >= 0.6 is 0 Å². The standard InChI is InChI=1S/C26H19F3O2/c1-16-7-14-23(22(27)15-16)31-26(30)19-10-8-18(9-11-19)21-13-12-20(24(28)25(21)29)17-5-3-2-4-6-17/h2-8,10-15,18H,9H2,1H3. The molecule has 0 radical (unpaired) electrons. The first-order valence-corrected chi connectivity index (χ1v) is 9.84. The van der Waals surface area contributed by atoms with Gasteiger partial charge in [-0.05, 0) is 42.2 Å². The Bertz CT molecular complexity index is 1200. The van der Waals surface area contributed by atoms with Crippen LogP contribution in [-0.2, 0) is 4.79 Å². The Kier molecular flexibility index (Phi) is 5.76. The van der Waals surface area contributed by atoms with Crippen LogP contribution in [0.25, 0.3) is 11.1 Å². The van der Waals surface area contributed by atoms with Crippen LogP contribution in [0.15, 0.2) is 84.5 Å². The van der Waals surface area contributed by atoms with E-state index in [2.05, 4.69) is 0 Å². The third-order valence-corrected chi connectivity index (χ3v) is 5.22. The minimum atomic E-state index is -0.905. The van der Waals surface area contributed by atoms with Gasteiger partial charge in [0.1, 0.15) is 0 Å². The minimum Gasteiger partial charge on any atom is -0.420 e. The van der Waals surface area contributed by atoms with Gasteiger partial charge in [-0.25, -0.2) is 18.0 Å². The van der Waals surface area contributed by atoms with Crippen molar-refractivity contribution in [3.05, 3.63) is 113 Å². The molecule has 0 spiro atoms. The number of benzene rings is 3. The number of rotatable bonds is 4. The normalized spacial score (nSPS) is 15.5. The number of allylic oxidation sites excluding steroid dienone is 2. The van der Waals surface area contributed by atoms with Crippen LogP contribution in [0.3, 0.4) is 0 Å². The summed E-state index contributed by atoms with van der Waals surface area (Å²) in [6.07, 6.45) is 4.99. The summed E-state index contributed by atoms with van der Waals surface area (Å²) in [5.41, 5.74) is 1.95. The van der Waals surface area contributed by atoms with Crippen LogP contribution in [0.5, 0.6) is 5.75 Å². The topological polar surface area (TPSA) is 26.3 Å². The molecule has 0 saturated heterocycles. The molecule has 5 heteroatoms. The van der Waals surface area contributed by atoms with E-state index in [4.69, 9.17) is 4.74 Å². The largest absolute Gasteiger partial charge is 0.420 e. The maximum atomic E-state index is 14.8. The van der Waals surface area contributed by atoms with Crippen molar-refractivity contribution in [1.29, 1.82) is 0 Å². The molecule has 3 aromatic rings. The molecule has 0 heterocycles. The van der Waals surface area contributed by atoms with Gasteiger partial charge in [0.25, 0.3) is 0 Å². The predicted octanol–water partition coefficient (Wildman–Crippen LogP) is 6.65. The molecule has 1 atom stereocenters. The lowest BCUT2D eigenvalue weighted by Gasteiger charge is -2.18. The molecule has 1 aliphatic carbocycles. The minimum absolute atomic E-state index is 0.156. The van der Waals surface area contributed by atoms with Gasteiger partial charge in [0, 0.05) is 11.5 Å². The molecule has 0 saturated carbocycles. The van der Waals surface area contributed by atoms with E-state index in [0.29, 0.717) is 17.5 Å². The average Bonchev–Trinajstić information content (AvgIpc) is 2.78. The number of carbonyl (C=O) groups is 1. The molecule has 3 aromatic carbocycles. The van der Waals surface area contributed by atoms with Crippen LogP contribution in [0.4, 0.5) is 13.2 Å². The third-order valence-electron chi connectivity index (χ3n) is 5.22. The van der Waals surface area contributed by atoms with Gasteiger partial charge in [0.2, 0.25) is 0 Å². The van der Waals surface area contributed by atoms with E-state index < -0.39 is 29.3 Å². The Hall–Kier alpha value is -3.60. The molecule has 1 unspecified atom stereocenters. The van der Waals surface area contributed by atoms with E-state index in [0.717, 1.165) is 0 Å². The first-order chi connectivity index (χ1) is 14.9. The van der Waals surface area contributed by atoms with Crippen molar-refractivity contribution >= 4 is 5.97 Å². The highest BCUT2D eigenvalue weighted by molar-refractivity contribution is 5.93. The van der Waals surface area contributed by atoms with Gasteiger partial charge >= 0.3 is 5.97 Å². The first-order valence-electron chi connectivity index (χ1n) is 9.84. The van der Waals surface area contributed by atoms with Crippen LogP contribution in [0.2, 0.25) is 0 Å². The number of aryl methyl sites for hydroxylation is 1. The van der Waals surface area contributed by atoms with Crippen molar-refractivity contribution in [3.63, 3.8) is 0 Å². The van der Waals surface area contributed by atoms with Crippen molar-refractivity contribution in [3.8, 4) is 16.9 Å². The maximum Gasteiger partial charge on any atom is 0.343 e. The fourth-order valence-corrected chi connectivity index (χ4v) is 3.54. The van der Waals surface area contributed by atoms with Crippen LogP contribution in [0.1, 0.15) is 23.5 Å². The van der Waals surface area contributed by atoms with Crippen molar-refractivity contribution in [2.75, 3.05) is 0 Å². The average molecular weight is 420 g/mol. The number of ether oxygens (including phenoxy) is 1. The summed E-state index contributed by atoms with van der Waals surface area (Å²) >= 11 is 0. The van der Waals surface area contributed by atoms with Crippen LogP contribution < -0.4 is 4.74 Å². The summed E-state index contributed by atoms with van der Waals surface area (Å²) in [5, 5.41) is 0. The summed E-state index contributed by atoms with van der Waals surface area (Å²) in [6, 6.07) is 16.2. The number of esters is 1. The zero-order chi connectivity index (χ0) is 22.0. The third kappa shape index (κ3) is 4.31. The molecule has 4 rings (SSSR count). The van der Waals surface area contributed by atoms with Crippen molar-refractivity contribution in [2.45, 2.75) is 19.3 Å². The SMILES string of the molecule is Cc1ccc(OC(=O)C2=CCC(c3ccc(-c4ccccc4)c(F)c3F)C=C2)c(F)c1. The molecule has 0 N–H and O–H groups in total. The number of hydrogen-bond acceptors (Lipinski definition) is 2. The van der Waals surface area contributed by atoms with Gasteiger partial charge in [0.05, 0.1) is 5.57 Å². The Morgan fingerprint density at radius 1 is 0.968 bits per heavy atom. The Balaban J connectivity index is 1.50. The molecule has 0 aromatic heterocycles. The lowest BCUT2D eigenvalue weighted by atomic mass is 9.88. The summed E-state index contributed by atoms with van der Waals surface area (Å²) in [6.45, 7) is 1.73. The highest BCUT2D eigenvalue weighted by Gasteiger charge is 2.23. The number of carbonyl (C=O) groups excluding carboxylic acids is 1. The Morgan fingerprint density at radius 2 is 1.74 bits per heavy atom. The summed E-state index contributed by atoms with van der Waals surface area (Å²) < 4.78 is 48.5. The van der Waals surface area contributed by atoms with E-state index in [1.54, 1.807) is 67.6 Å². The molecular weight excluding hydrogens is 401 g/mol. The molecule has 156 valence electrons. The lowest BCUT2D eigenvalue weighted by molar-refractivity contribution is -0.130. The molecule has 0 fully saturated rings. The molecule has 0 aliphatic heterocycles. The van der Waals surface area contributed by atoms with E-state index in [1.165, 1.54) is 18.2 Å². The Labute approximate surface area is 178 Å². The second kappa shape index (κ2) is 8.64. The number of hydrogen-bond donors (Lipinski definition) is 0. The van der Waals surface area contributed by atoms with E-state index in [-0.39, 0.29) is 22.4 Å². The Morgan fingerprint density at radius 3 is 2.42 bits per heavy atom. The van der Waals surface area contributed by atoms with Crippen LogP contribution in [0, 0.1) is 24.4 Å². The van der Waals surface area contributed by atoms with Gasteiger partial charge in [-0.3, -0.25) is 0 Å². The summed E-state index contributed by atoms with van der Waals surface area (Å²) in [4.78, 5) is 12.3. The van der Waals surface area contributed by atoms with E-state index >= 15 is 0 Å². The second-order valence-electron chi connectivity index (χ2n) is 7.38. The molecule has 0 bridgehead atoms. The lowest BCUT2D eigenvalue weighted by Crippen LogP contribution is -2.14. The monoisotopic (exact) mass is 420 g/mol. The fourth-order valence-electron chi connectivity index (χ4n) is 3.54. The molecule has 0 amide bonds. The molecule has 2 nitrogen and oxygen atoms in total. The van der Waals surface area contributed by atoms with E-state index in [9.17, 15) is 18.0 Å². The zero-order valence-corrected chi connectivity index (χ0v) is 16.7. The fraction of sp³-hybridized carbons (Fsp3) is 0.115. The molecule has 1 aliphatic rings. The van der Waals surface area contributed by atoms with Gasteiger partial charge in [0.15, 0.2) is 23.2 Å². The smallest absolute Gasteiger partial charge is 0.343 e. The van der Waals surface area contributed by atoms with Gasteiger partial charge in [-0.2, -0.15) is 0 Å². The van der Waals surface area contributed by atoms with Crippen LogP contribution in [-0.4, -0.2) is 5.97 Å². The number of halogens is 3. The quantitative estimate of drug-likeness (QED) is 0.349. The van der Waals surface area contributed by atoms with Crippen molar-refractivity contribution in [2.24, 2.45) is 0 Å². The second-order valence-corrected chi connectivity index (χ2v) is 7.38. The first kappa shape index (κ1) is 20.7. The van der Waals surface area contributed by atoms with Gasteiger partial charge < -0.3 is 4.74 Å². The predicted molar refractivity (Wildman–Crippen MR) is 113 cm³/mol. The van der Waals surface area contributed by atoms with Crippen molar-refractivity contribution < 1.29 is 22.7 Å². The van der Waals surface area contributed by atoms with E-state index in [1.807, 2.05) is 0 Å². The van der Waals surface area contributed by atoms with Crippen molar-refractivity contribution in [1.82, 2.24) is 0 Å². The molecule has 31 heavy (non-hydrogen) atoms. The van der Waals surface area contributed by atoms with Gasteiger partial charge in [-0.1, -0.05) is 66.8 Å². The zero-order valence-electron chi connectivity index (χ0n) is 16.7. The summed E-state index contributed by atoms with van der Waals surface area (Å²) in [5.74, 6) is -3.71.